The van der Waals surface area contributed by atoms with Crippen LogP contribution in [0.3, 0.4) is 0 Å². The van der Waals surface area contributed by atoms with Crippen molar-refractivity contribution in [2.24, 2.45) is 0 Å². The van der Waals surface area contributed by atoms with Gasteiger partial charge in [0.15, 0.2) is 6.61 Å². The van der Waals surface area contributed by atoms with E-state index in [1.54, 1.807) is 12.0 Å². The standard InChI is InChI=1S/C23H26N2O4/c1-28-18-9-10-19-16(13-18)5-4-6-17(19)14-24-22(26)11-12-25-20-7-2-3-8-21(20)29-15-23(25)27/h2-3,7-10,13,17H,4-6,11-12,14-15H2,1H3,(H,24,26). The molecule has 152 valence electrons. The van der Waals surface area contributed by atoms with Crippen molar-refractivity contribution in [2.45, 2.75) is 31.6 Å². The molecule has 0 spiro atoms. The zero-order valence-corrected chi connectivity index (χ0v) is 16.6. The van der Waals surface area contributed by atoms with E-state index in [1.165, 1.54) is 11.1 Å². The number of hydrogen-bond donors (Lipinski definition) is 1. The van der Waals surface area contributed by atoms with Crippen molar-refractivity contribution in [3.8, 4) is 11.5 Å². The Morgan fingerprint density at radius 1 is 1.28 bits per heavy atom. The van der Waals surface area contributed by atoms with Crippen molar-refractivity contribution < 1.29 is 19.1 Å². The highest BCUT2D eigenvalue weighted by atomic mass is 16.5. The zero-order chi connectivity index (χ0) is 20.2. The zero-order valence-electron chi connectivity index (χ0n) is 16.6. The van der Waals surface area contributed by atoms with Gasteiger partial charge in [0.05, 0.1) is 12.8 Å². The van der Waals surface area contributed by atoms with E-state index in [0.29, 0.717) is 24.8 Å². The van der Waals surface area contributed by atoms with Crippen LogP contribution in [-0.4, -0.2) is 38.6 Å². The number of rotatable bonds is 6. The van der Waals surface area contributed by atoms with Crippen molar-refractivity contribution in [3.63, 3.8) is 0 Å². The second-order valence-electron chi connectivity index (χ2n) is 7.51. The summed E-state index contributed by atoms with van der Waals surface area (Å²) < 4.78 is 10.8. The van der Waals surface area contributed by atoms with Gasteiger partial charge in [-0.1, -0.05) is 18.2 Å². The summed E-state index contributed by atoms with van der Waals surface area (Å²) in [6.07, 6.45) is 3.49. The van der Waals surface area contributed by atoms with Crippen LogP contribution in [0.25, 0.3) is 0 Å². The summed E-state index contributed by atoms with van der Waals surface area (Å²) in [5, 5.41) is 3.06. The minimum Gasteiger partial charge on any atom is -0.497 e. The molecular weight excluding hydrogens is 368 g/mol. The Labute approximate surface area is 170 Å². The number of anilines is 1. The van der Waals surface area contributed by atoms with Crippen LogP contribution in [0.4, 0.5) is 5.69 Å². The topological polar surface area (TPSA) is 67.9 Å². The number of nitrogens with one attached hydrogen (secondary N) is 1. The predicted octanol–water partition coefficient (Wildman–Crippen LogP) is 3.05. The third kappa shape index (κ3) is 4.21. The number of nitrogens with zero attached hydrogens (tertiary/aromatic N) is 1. The lowest BCUT2D eigenvalue weighted by molar-refractivity contribution is -0.122. The van der Waals surface area contributed by atoms with Crippen LogP contribution in [0.5, 0.6) is 11.5 Å². The quantitative estimate of drug-likeness (QED) is 0.818. The van der Waals surface area contributed by atoms with Crippen LogP contribution in [0.2, 0.25) is 0 Å². The molecular formula is C23H26N2O4. The van der Waals surface area contributed by atoms with Crippen LogP contribution in [-0.2, 0) is 16.0 Å². The van der Waals surface area contributed by atoms with E-state index >= 15 is 0 Å². The summed E-state index contributed by atoms with van der Waals surface area (Å²) in [6.45, 7) is 0.982. The van der Waals surface area contributed by atoms with Crippen LogP contribution in [0.15, 0.2) is 42.5 Å². The van der Waals surface area contributed by atoms with Gasteiger partial charge in [-0.25, -0.2) is 0 Å². The van der Waals surface area contributed by atoms with Crippen molar-refractivity contribution in [2.75, 3.05) is 31.7 Å². The van der Waals surface area contributed by atoms with Gasteiger partial charge in [0.1, 0.15) is 11.5 Å². The minimum absolute atomic E-state index is 0.0148. The number of amides is 2. The third-order valence-electron chi connectivity index (χ3n) is 5.71. The molecule has 0 radical (unpaired) electrons. The molecule has 2 amide bonds. The molecule has 1 N–H and O–H groups in total. The van der Waals surface area contributed by atoms with Crippen molar-refractivity contribution >= 4 is 17.5 Å². The Morgan fingerprint density at radius 3 is 3.00 bits per heavy atom. The van der Waals surface area contributed by atoms with Crippen LogP contribution in [0.1, 0.15) is 36.3 Å². The number of carbonyl (C=O) groups is 2. The summed E-state index contributed by atoms with van der Waals surface area (Å²) >= 11 is 0. The normalized spacial score (nSPS) is 17.8. The van der Waals surface area contributed by atoms with Crippen LogP contribution in [0, 0.1) is 0 Å². The Hall–Kier alpha value is -3.02. The summed E-state index contributed by atoms with van der Waals surface area (Å²) in [5.41, 5.74) is 3.34. The molecule has 4 rings (SSSR count). The summed E-state index contributed by atoms with van der Waals surface area (Å²) in [6, 6.07) is 13.6. The molecule has 1 heterocycles. The Bertz CT molecular complexity index is 912. The molecule has 6 heteroatoms. The van der Waals surface area contributed by atoms with Crippen molar-refractivity contribution in [1.29, 1.82) is 0 Å². The van der Waals surface area contributed by atoms with Crippen LogP contribution >= 0.6 is 0 Å². The predicted molar refractivity (Wildman–Crippen MR) is 111 cm³/mol. The van der Waals surface area contributed by atoms with E-state index in [0.717, 1.165) is 30.7 Å². The molecule has 0 saturated carbocycles. The fraction of sp³-hybridized carbons (Fsp3) is 0.391. The Kier molecular flexibility index (Phi) is 5.69. The van der Waals surface area contributed by atoms with E-state index in [9.17, 15) is 9.59 Å². The maximum atomic E-state index is 12.5. The molecule has 0 fully saturated rings. The summed E-state index contributed by atoms with van der Waals surface area (Å²) in [4.78, 5) is 26.3. The molecule has 0 saturated heterocycles. The highest BCUT2D eigenvalue weighted by Gasteiger charge is 2.26. The number of carbonyl (C=O) groups excluding carboxylic acids is 2. The van der Waals surface area contributed by atoms with Gasteiger partial charge < -0.3 is 19.7 Å². The van der Waals surface area contributed by atoms with Gasteiger partial charge in [-0.05, 0) is 54.7 Å². The molecule has 0 bridgehead atoms. The second-order valence-corrected chi connectivity index (χ2v) is 7.51. The maximum absolute atomic E-state index is 12.5. The molecule has 2 aromatic rings. The maximum Gasteiger partial charge on any atom is 0.265 e. The fourth-order valence-corrected chi connectivity index (χ4v) is 4.17. The lowest BCUT2D eigenvalue weighted by Gasteiger charge is -2.29. The first-order valence-corrected chi connectivity index (χ1v) is 10.1. The number of ether oxygens (including phenoxy) is 2. The highest BCUT2D eigenvalue weighted by molar-refractivity contribution is 5.98. The lowest BCUT2D eigenvalue weighted by atomic mass is 9.82. The number of benzene rings is 2. The fourth-order valence-electron chi connectivity index (χ4n) is 4.17. The third-order valence-corrected chi connectivity index (χ3v) is 5.71. The van der Waals surface area contributed by atoms with E-state index in [4.69, 9.17) is 9.47 Å². The van der Waals surface area contributed by atoms with Gasteiger partial charge in [-0.3, -0.25) is 9.59 Å². The SMILES string of the molecule is COc1ccc2c(c1)CCCC2CNC(=O)CCN1C(=O)COc2ccccc21. The molecule has 6 nitrogen and oxygen atoms in total. The monoisotopic (exact) mass is 394 g/mol. The molecule has 1 aliphatic heterocycles. The largest absolute Gasteiger partial charge is 0.497 e. The number of para-hydroxylation sites is 2. The number of methoxy groups -OCH3 is 1. The van der Waals surface area contributed by atoms with E-state index in [2.05, 4.69) is 17.4 Å². The summed E-state index contributed by atoms with van der Waals surface area (Å²) in [5.74, 6) is 1.72. The minimum atomic E-state index is -0.119. The molecule has 29 heavy (non-hydrogen) atoms. The molecule has 1 aliphatic carbocycles. The summed E-state index contributed by atoms with van der Waals surface area (Å²) in [7, 11) is 1.68. The molecule has 2 aliphatic rings. The number of fused-ring (bicyclic) bond motifs is 2. The Morgan fingerprint density at radius 2 is 2.14 bits per heavy atom. The first-order chi connectivity index (χ1) is 14.2. The van der Waals surface area contributed by atoms with Gasteiger partial charge in [-0.2, -0.15) is 0 Å². The smallest absolute Gasteiger partial charge is 0.265 e. The second kappa shape index (κ2) is 8.55. The number of hydrogen-bond acceptors (Lipinski definition) is 4. The average molecular weight is 394 g/mol. The van der Waals surface area contributed by atoms with E-state index in [1.807, 2.05) is 30.3 Å². The average Bonchev–Trinajstić information content (AvgIpc) is 2.76. The lowest BCUT2D eigenvalue weighted by Crippen LogP contribution is -2.41. The van der Waals surface area contributed by atoms with Crippen molar-refractivity contribution in [1.82, 2.24) is 5.32 Å². The van der Waals surface area contributed by atoms with Gasteiger partial charge in [0.2, 0.25) is 5.91 Å². The van der Waals surface area contributed by atoms with Gasteiger partial charge >= 0.3 is 0 Å². The molecule has 0 aromatic heterocycles. The number of aryl methyl sites for hydroxylation is 1. The van der Waals surface area contributed by atoms with Gasteiger partial charge in [-0.15, -0.1) is 0 Å². The van der Waals surface area contributed by atoms with E-state index < -0.39 is 0 Å². The molecule has 1 unspecified atom stereocenters. The molecule has 2 aromatic carbocycles. The van der Waals surface area contributed by atoms with Gasteiger partial charge in [0.25, 0.3) is 5.91 Å². The van der Waals surface area contributed by atoms with E-state index in [-0.39, 0.29) is 24.8 Å². The Balaban J connectivity index is 1.33. The highest BCUT2D eigenvalue weighted by Crippen LogP contribution is 2.34. The van der Waals surface area contributed by atoms with Crippen LogP contribution < -0.4 is 19.7 Å². The molecule has 1 atom stereocenters. The van der Waals surface area contributed by atoms with Crippen molar-refractivity contribution in [3.05, 3.63) is 53.6 Å². The first-order valence-electron chi connectivity index (χ1n) is 10.1. The van der Waals surface area contributed by atoms with Gasteiger partial charge in [0, 0.05) is 25.4 Å². The first kappa shape index (κ1) is 19.3.